The molecule has 2 rings (SSSR count). The summed E-state index contributed by atoms with van der Waals surface area (Å²) in [4.78, 5) is 8.25. The largest absolute Gasteiger partial charge is 0.310 e. The predicted octanol–water partition coefficient (Wildman–Crippen LogP) is 3.18. The highest BCUT2D eigenvalue weighted by atomic mass is 19.3. The van der Waals surface area contributed by atoms with Gasteiger partial charge < -0.3 is 5.32 Å². The van der Waals surface area contributed by atoms with Crippen LogP contribution in [-0.2, 0) is 6.54 Å². The van der Waals surface area contributed by atoms with Crippen molar-refractivity contribution >= 4 is 0 Å². The summed E-state index contributed by atoms with van der Waals surface area (Å²) >= 11 is 0. The van der Waals surface area contributed by atoms with Crippen LogP contribution in [0.15, 0.2) is 6.20 Å². The van der Waals surface area contributed by atoms with Crippen molar-refractivity contribution in [3.05, 3.63) is 23.3 Å². The van der Waals surface area contributed by atoms with Gasteiger partial charge in [0, 0.05) is 30.3 Å². The van der Waals surface area contributed by atoms with Crippen LogP contribution in [0.5, 0.6) is 0 Å². The molecule has 1 atom stereocenters. The third kappa shape index (κ3) is 3.22. The molecule has 1 aromatic heterocycles. The van der Waals surface area contributed by atoms with E-state index in [2.05, 4.69) is 15.3 Å². The van der Waals surface area contributed by atoms with Crippen LogP contribution in [-0.4, -0.2) is 16.0 Å². The Morgan fingerprint density at radius 2 is 2.17 bits per heavy atom. The molecule has 0 radical (unpaired) electrons. The Balaban J connectivity index is 2.16. The summed E-state index contributed by atoms with van der Waals surface area (Å²) in [7, 11) is 0. The Labute approximate surface area is 106 Å². The van der Waals surface area contributed by atoms with Crippen LogP contribution in [0.25, 0.3) is 0 Å². The molecule has 1 unspecified atom stereocenters. The third-order valence-corrected chi connectivity index (χ3v) is 3.34. The molecule has 1 N–H and O–H groups in total. The fraction of sp³-hybridized carbons (Fsp3) is 0.692. The lowest BCUT2D eigenvalue weighted by Crippen LogP contribution is -2.18. The molecular weight excluding hydrogens is 236 g/mol. The van der Waals surface area contributed by atoms with Crippen molar-refractivity contribution < 1.29 is 8.78 Å². The predicted molar refractivity (Wildman–Crippen MR) is 65.6 cm³/mol. The Morgan fingerprint density at radius 3 is 2.72 bits per heavy atom. The first-order valence-electron chi connectivity index (χ1n) is 6.49. The number of aromatic nitrogens is 2. The lowest BCUT2D eigenvalue weighted by atomic mass is 10.1. The molecule has 0 bridgehead atoms. The number of halogens is 2. The molecule has 0 saturated heterocycles. The molecule has 1 aliphatic carbocycles. The summed E-state index contributed by atoms with van der Waals surface area (Å²) < 4.78 is 26.0. The molecule has 1 saturated carbocycles. The Kier molecular flexibility index (Phi) is 4.22. The van der Waals surface area contributed by atoms with E-state index >= 15 is 0 Å². The first-order valence-corrected chi connectivity index (χ1v) is 6.49. The Hall–Kier alpha value is -1.10. The number of nitrogens with zero attached hydrogens (tertiary/aromatic N) is 2. The molecule has 0 amide bonds. The SMILES string of the molecule is CCC(C)c1ncc(CNC2CC2)c(C(F)F)n1. The molecule has 5 heteroatoms. The van der Waals surface area contributed by atoms with Crippen molar-refractivity contribution in [3.63, 3.8) is 0 Å². The van der Waals surface area contributed by atoms with E-state index in [9.17, 15) is 8.78 Å². The summed E-state index contributed by atoms with van der Waals surface area (Å²) in [6.45, 7) is 4.39. The maximum absolute atomic E-state index is 13.0. The molecule has 0 aromatic carbocycles. The highest BCUT2D eigenvalue weighted by molar-refractivity contribution is 5.20. The lowest BCUT2D eigenvalue weighted by molar-refractivity contribution is 0.144. The summed E-state index contributed by atoms with van der Waals surface area (Å²) in [5, 5.41) is 3.22. The Morgan fingerprint density at radius 1 is 1.44 bits per heavy atom. The average molecular weight is 255 g/mol. The van der Waals surface area contributed by atoms with Crippen LogP contribution in [0.2, 0.25) is 0 Å². The maximum atomic E-state index is 13.0. The van der Waals surface area contributed by atoms with Gasteiger partial charge in [0.2, 0.25) is 0 Å². The standard InChI is InChI=1S/C13H19F2N3/c1-3-8(2)13-17-7-9(6-16-10-4-5-10)11(18-13)12(14)15/h7-8,10,12,16H,3-6H2,1-2H3. The molecule has 1 aromatic rings. The van der Waals surface area contributed by atoms with Crippen molar-refractivity contribution in [2.45, 2.75) is 58.0 Å². The van der Waals surface area contributed by atoms with Gasteiger partial charge in [-0.05, 0) is 19.3 Å². The second kappa shape index (κ2) is 5.69. The summed E-state index contributed by atoms with van der Waals surface area (Å²) in [6, 6.07) is 0.491. The van der Waals surface area contributed by atoms with Crippen LogP contribution < -0.4 is 5.32 Å². The molecule has 100 valence electrons. The van der Waals surface area contributed by atoms with Crippen LogP contribution >= 0.6 is 0 Å². The Bertz CT molecular complexity index is 405. The maximum Gasteiger partial charge on any atom is 0.280 e. The monoisotopic (exact) mass is 255 g/mol. The van der Waals surface area contributed by atoms with E-state index in [1.165, 1.54) is 0 Å². The van der Waals surface area contributed by atoms with Gasteiger partial charge in [-0.25, -0.2) is 18.7 Å². The summed E-state index contributed by atoms with van der Waals surface area (Å²) in [5.74, 6) is 0.635. The second-order valence-electron chi connectivity index (χ2n) is 4.90. The third-order valence-electron chi connectivity index (χ3n) is 3.34. The normalized spacial score (nSPS) is 17.2. The lowest BCUT2D eigenvalue weighted by Gasteiger charge is -2.12. The molecular formula is C13H19F2N3. The van der Waals surface area contributed by atoms with Gasteiger partial charge in [-0.15, -0.1) is 0 Å². The van der Waals surface area contributed by atoms with E-state index in [0.29, 0.717) is 24.0 Å². The molecule has 18 heavy (non-hydrogen) atoms. The topological polar surface area (TPSA) is 37.8 Å². The van der Waals surface area contributed by atoms with E-state index in [-0.39, 0.29) is 11.6 Å². The van der Waals surface area contributed by atoms with E-state index in [4.69, 9.17) is 0 Å². The van der Waals surface area contributed by atoms with Gasteiger partial charge in [0.05, 0.1) is 0 Å². The van der Waals surface area contributed by atoms with Gasteiger partial charge in [0.1, 0.15) is 11.5 Å². The molecule has 3 nitrogen and oxygen atoms in total. The van der Waals surface area contributed by atoms with E-state index in [0.717, 1.165) is 19.3 Å². The molecule has 1 heterocycles. The molecule has 1 aliphatic rings. The molecule has 0 spiro atoms. The van der Waals surface area contributed by atoms with Crippen LogP contribution in [0, 0.1) is 0 Å². The van der Waals surface area contributed by atoms with Gasteiger partial charge in [0.25, 0.3) is 6.43 Å². The number of nitrogens with one attached hydrogen (secondary N) is 1. The highest BCUT2D eigenvalue weighted by Crippen LogP contribution is 2.25. The number of hydrogen-bond acceptors (Lipinski definition) is 3. The van der Waals surface area contributed by atoms with Gasteiger partial charge in [-0.3, -0.25) is 0 Å². The summed E-state index contributed by atoms with van der Waals surface area (Å²) in [6.07, 6.45) is 2.13. The minimum atomic E-state index is -2.54. The van der Waals surface area contributed by atoms with Gasteiger partial charge in [-0.2, -0.15) is 0 Å². The van der Waals surface area contributed by atoms with Crippen LogP contribution in [0.3, 0.4) is 0 Å². The van der Waals surface area contributed by atoms with E-state index in [1.807, 2.05) is 13.8 Å². The van der Waals surface area contributed by atoms with E-state index in [1.54, 1.807) is 6.20 Å². The van der Waals surface area contributed by atoms with Gasteiger partial charge >= 0.3 is 0 Å². The van der Waals surface area contributed by atoms with Crippen molar-refractivity contribution in [1.82, 2.24) is 15.3 Å². The quantitative estimate of drug-likeness (QED) is 0.848. The van der Waals surface area contributed by atoms with Gasteiger partial charge in [0.15, 0.2) is 0 Å². The highest BCUT2D eigenvalue weighted by Gasteiger charge is 2.23. The minimum Gasteiger partial charge on any atom is -0.310 e. The fourth-order valence-corrected chi connectivity index (χ4v) is 1.72. The number of alkyl halides is 2. The van der Waals surface area contributed by atoms with Crippen molar-refractivity contribution in [2.75, 3.05) is 0 Å². The zero-order valence-corrected chi connectivity index (χ0v) is 10.8. The first kappa shape index (κ1) is 13.3. The fourth-order valence-electron chi connectivity index (χ4n) is 1.72. The number of rotatable bonds is 6. The van der Waals surface area contributed by atoms with E-state index < -0.39 is 6.43 Å². The summed E-state index contributed by atoms with van der Waals surface area (Å²) in [5.41, 5.74) is 0.400. The number of hydrogen-bond donors (Lipinski definition) is 1. The van der Waals surface area contributed by atoms with Crippen molar-refractivity contribution in [3.8, 4) is 0 Å². The molecule has 1 fully saturated rings. The van der Waals surface area contributed by atoms with Crippen LogP contribution in [0.1, 0.15) is 62.5 Å². The first-order chi connectivity index (χ1) is 8.61. The molecule has 0 aliphatic heterocycles. The van der Waals surface area contributed by atoms with Gasteiger partial charge in [-0.1, -0.05) is 13.8 Å². The van der Waals surface area contributed by atoms with Crippen molar-refractivity contribution in [1.29, 1.82) is 0 Å². The zero-order valence-electron chi connectivity index (χ0n) is 10.8. The second-order valence-corrected chi connectivity index (χ2v) is 4.90. The average Bonchev–Trinajstić information content (AvgIpc) is 3.19. The van der Waals surface area contributed by atoms with Crippen LogP contribution in [0.4, 0.5) is 8.78 Å². The van der Waals surface area contributed by atoms with Crippen molar-refractivity contribution in [2.24, 2.45) is 0 Å². The minimum absolute atomic E-state index is 0.117. The smallest absolute Gasteiger partial charge is 0.280 e. The zero-order chi connectivity index (χ0) is 13.1.